The first kappa shape index (κ1) is 12.7. The van der Waals surface area contributed by atoms with E-state index in [1.165, 1.54) is 12.1 Å². The maximum absolute atomic E-state index is 13.2. The Morgan fingerprint density at radius 2 is 2.10 bits per heavy atom. The van der Waals surface area contributed by atoms with Gasteiger partial charge in [-0.2, -0.15) is 0 Å². The van der Waals surface area contributed by atoms with Gasteiger partial charge in [-0.15, -0.1) is 0 Å². The topological polar surface area (TPSA) is 40.5 Å². The zero-order valence-electron chi connectivity index (χ0n) is 10.8. The van der Waals surface area contributed by atoms with Crippen molar-refractivity contribution in [1.82, 2.24) is 0 Å². The van der Waals surface area contributed by atoms with Gasteiger partial charge in [-0.3, -0.25) is 0 Å². The number of halogens is 1. The third-order valence-corrected chi connectivity index (χ3v) is 3.59. The number of aromatic carboxylic acids is 1. The quantitative estimate of drug-likeness (QED) is 0.932. The zero-order valence-corrected chi connectivity index (χ0v) is 10.8. The van der Waals surface area contributed by atoms with Crippen molar-refractivity contribution in [3.8, 4) is 0 Å². The van der Waals surface area contributed by atoms with Crippen molar-refractivity contribution in [2.75, 3.05) is 11.4 Å². The minimum atomic E-state index is -0.926. The number of carboxylic acid groups (broad SMARTS) is 1. The predicted molar refractivity (Wildman–Crippen MR) is 74.6 cm³/mol. The second kappa shape index (κ2) is 4.96. The van der Waals surface area contributed by atoms with Crippen molar-refractivity contribution in [2.24, 2.45) is 0 Å². The summed E-state index contributed by atoms with van der Waals surface area (Å²) in [5, 5.41) is 9.06. The van der Waals surface area contributed by atoms with Gasteiger partial charge in [-0.1, -0.05) is 18.2 Å². The highest BCUT2D eigenvalue weighted by atomic mass is 19.1. The number of hydrogen-bond acceptors (Lipinski definition) is 2. The molecule has 0 saturated heterocycles. The van der Waals surface area contributed by atoms with Gasteiger partial charge in [-0.05, 0) is 41.8 Å². The molecule has 20 heavy (non-hydrogen) atoms. The molecular formula is C16H14FNO2. The van der Waals surface area contributed by atoms with Crippen LogP contribution in [-0.2, 0) is 13.0 Å². The van der Waals surface area contributed by atoms with Crippen LogP contribution in [0.25, 0.3) is 0 Å². The first-order chi connectivity index (χ1) is 9.63. The Morgan fingerprint density at radius 3 is 2.85 bits per heavy atom. The first-order valence-electron chi connectivity index (χ1n) is 6.49. The Morgan fingerprint density at radius 1 is 1.25 bits per heavy atom. The number of benzene rings is 2. The summed E-state index contributed by atoms with van der Waals surface area (Å²) in [5.74, 6) is -1.17. The molecule has 1 aliphatic rings. The largest absolute Gasteiger partial charge is 0.478 e. The molecule has 102 valence electrons. The van der Waals surface area contributed by atoms with Crippen molar-refractivity contribution in [1.29, 1.82) is 0 Å². The molecule has 4 heteroatoms. The highest BCUT2D eigenvalue weighted by molar-refractivity contribution is 5.89. The van der Waals surface area contributed by atoms with Crippen molar-refractivity contribution >= 4 is 11.7 Å². The molecule has 3 rings (SSSR count). The second-order valence-electron chi connectivity index (χ2n) is 4.95. The van der Waals surface area contributed by atoms with Crippen molar-refractivity contribution in [2.45, 2.75) is 13.0 Å². The lowest BCUT2D eigenvalue weighted by molar-refractivity contribution is 0.0697. The van der Waals surface area contributed by atoms with Gasteiger partial charge in [0.1, 0.15) is 5.82 Å². The van der Waals surface area contributed by atoms with Crippen molar-refractivity contribution in [3.63, 3.8) is 0 Å². The van der Waals surface area contributed by atoms with Gasteiger partial charge >= 0.3 is 5.97 Å². The summed E-state index contributed by atoms with van der Waals surface area (Å²) < 4.78 is 13.2. The Kier molecular flexibility index (Phi) is 3.14. The third kappa shape index (κ3) is 2.37. The summed E-state index contributed by atoms with van der Waals surface area (Å²) in [7, 11) is 0. The molecule has 0 amide bonds. The molecule has 2 aromatic carbocycles. The zero-order chi connectivity index (χ0) is 14.1. The first-order valence-corrected chi connectivity index (χ1v) is 6.49. The molecular weight excluding hydrogens is 257 g/mol. The molecule has 0 radical (unpaired) electrons. The maximum atomic E-state index is 13.2. The van der Waals surface area contributed by atoms with E-state index in [4.69, 9.17) is 5.11 Å². The van der Waals surface area contributed by atoms with Crippen LogP contribution in [0, 0.1) is 5.82 Å². The monoisotopic (exact) mass is 271 g/mol. The van der Waals surface area contributed by atoms with Gasteiger partial charge in [0.15, 0.2) is 0 Å². The van der Waals surface area contributed by atoms with Gasteiger partial charge in [0.05, 0.1) is 5.56 Å². The summed E-state index contributed by atoms with van der Waals surface area (Å²) in [5.41, 5.74) is 3.26. The molecule has 0 aromatic heterocycles. The Hall–Kier alpha value is -2.36. The summed E-state index contributed by atoms with van der Waals surface area (Å²) in [6.07, 6.45) is 0.893. The van der Waals surface area contributed by atoms with Crippen LogP contribution in [0.4, 0.5) is 10.1 Å². The van der Waals surface area contributed by atoms with Crippen LogP contribution in [0.5, 0.6) is 0 Å². The highest BCUT2D eigenvalue weighted by Crippen LogP contribution is 2.30. The number of fused-ring (bicyclic) bond motifs is 1. The van der Waals surface area contributed by atoms with Crippen LogP contribution in [0.1, 0.15) is 21.5 Å². The molecule has 0 spiro atoms. The number of hydrogen-bond donors (Lipinski definition) is 1. The van der Waals surface area contributed by atoms with Crippen LogP contribution in [-0.4, -0.2) is 17.6 Å². The normalized spacial score (nSPS) is 13.3. The predicted octanol–water partition coefficient (Wildman–Crippen LogP) is 3.09. The lowest BCUT2D eigenvalue weighted by Gasteiger charge is -2.19. The molecule has 0 unspecified atom stereocenters. The Labute approximate surface area is 116 Å². The summed E-state index contributed by atoms with van der Waals surface area (Å²) in [6, 6.07) is 11.7. The lowest BCUT2D eigenvalue weighted by atomic mass is 10.1. The molecule has 0 aliphatic carbocycles. The summed E-state index contributed by atoms with van der Waals surface area (Å²) in [4.78, 5) is 13.1. The van der Waals surface area contributed by atoms with E-state index < -0.39 is 5.97 Å². The van der Waals surface area contributed by atoms with E-state index in [-0.39, 0.29) is 11.4 Å². The molecule has 3 nitrogen and oxygen atoms in total. The standard InChI is InChI=1S/C16H14FNO2/c17-14-3-1-2-11(8-14)10-18-7-6-12-4-5-13(16(19)20)9-15(12)18/h1-5,8-9H,6-7,10H2,(H,19,20). The van der Waals surface area contributed by atoms with Crippen LogP contribution < -0.4 is 4.90 Å². The molecule has 1 heterocycles. The fraction of sp³-hybridized carbons (Fsp3) is 0.188. The fourth-order valence-corrected chi connectivity index (χ4v) is 2.60. The smallest absolute Gasteiger partial charge is 0.335 e. The third-order valence-electron chi connectivity index (χ3n) is 3.59. The van der Waals surface area contributed by atoms with E-state index in [1.54, 1.807) is 18.2 Å². The van der Waals surface area contributed by atoms with E-state index in [9.17, 15) is 9.18 Å². The minimum absolute atomic E-state index is 0.249. The molecule has 1 aliphatic heterocycles. The number of nitrogens with zero attached hydrogens (tertiary/aromatic N) is 1. The van der Waals surface area contributed by atoms with E-state index in [0.29, 0.717) is 6.54 Å². The van der Waals surface area contributed by atoms with Gasteiger partial charge in [0.25, 0.3) is 0 Å². The number of carbonyl (C=O) groups is 1. The van der Waals surface area contributed by atoms with Crippen LogP contribution in [0.3, 0.4) is 0 Å². The molecule has 1 N–H and O–H groups in total. The Bertz CT molecular complexity index is 669. The average molecular weight is 271 g/mol. The summed E-state index contributed by atoms with van der Waals surface area (Å²) in [6.45, 7) is 1.42. The second-order valence-corrected chi connectivity index (χ2v) is 4.95. The van der Waals surface area contributed by atoms with E-state index >= 15 is 0 Å². The van der Waals surface area contributed by atoms with Gasteiger partial charge in [-0.25, -0.2) is 9.18 Å². The average Bonchev–Trinajstić information content (AvgIpc) is 2.81. The molecule has 0 saturated carbocycles. The van der Waals surface area contributed by atoms with Crippen molar-refractivity contribution in [3.05, 3.63) is 65.0 Å². The van der Waals surface area contributed by atoms with Crippen LogP contribution in [0.2, 0.25) is 0 Å². The van der Waals surface area contributed by atoms with Crippen molar-refractivity contribution < 1.29 is 14.3 Å². The van der Waals surface area contributed by atoms with Crippen LogP contribution >= 0.6 is 0 Å². The lowest BCUT2D eigenvalue weighted by Crippen LogP contribution is -2.20. The number of anilines is 1. The van der Waals surface area contributed by atoms with Gasteiger partial charge in [0, 0.05) is 18.8 Å². The number of rotatable bonds is 3. The molecule has 0 fully saturated rings. The highest BCUT2D eigenvalue weighted by Gasteiger charge is 2.20. The minimum Gasteiger partial charge on any atom is -0.478 e. The maximum Gasteiger partial charge on any atom is 0.335 e. The number of carboxylic acids is 1. The molecule has 0 atom stereocenters. The molecule has 0 bridgehead atoms. The van der Waals surface area contributed by atoms with E-state index in [0.717, 1.165) is 29.8 Å². The molecule has 2 aromatic rings. The van der Waals surface area contributed by atoms with E-state index in [1.807, 2.05) is 12.1 Å². The summed E-state index contributed by atoms with van der Waals surface area (Å²) >= 11 is 0. The Balaban J connectivity index is 1.88. The van der Waals surface area contributed by atoms with E-state index in [2.05, 4.69) is 4.90 Å². The van der Waals surface area contributed by atoms with Crippen LogP contribution in [0.15, 0.2) is 42.5 Å². The fourth-order valence-electron chi connectivity index (χ4n) is 2.60. The van der Waals surface area contributed by atoms with Gasteiger partial charge in [0.2, 0.25) is 0 Å². The SMILES string of the molecule is O=C(O)c1ccc2c(c1)N(Cc1cccc(F)c1)CC2. The van der Waals surface area contributed by atoms with Gasteiger partial charge < -0.3 is 10.0 Å².